The molecule has 2 aromatic rings. The van der Waals surface area contributed by atoms with Gasteiger partial charge in [0, 0.05) is 5.56 Å². The Hall–Kier alpha value is -4.01. The summed E-state index contributed by atoms with van der Waals surface area (Å²) < 4.78 is 5.33. The summed E-state index contributed by atoms with van der Waals surface area (Å²) in [5, 5.41) is 15.4. The van der Waals surface area contributed by atoms with E-state index in [1.165, 1.54) is 0 Å². The normalized spacial score (nSPS) is 12.5. The van der Waals surface area contributed by atoms with Crippen LogP contribution in [-0.2, 0) is 14.3 Å². The molecule has 3 amide bonds. The van der Waals surface area contributed by atoms with Gasteiger partial charge in [0.2, 0.25) is 5.91 Å². The molecular weight excluding hydrogens is 504 g/mol. The van der Waals surface area contributed by atoms with Crippen molar-refractivity contribution in [2.75, 3.05) is 11.9 Å². The molecule has 2 unspecified atom stereocenters. The molecule has 9 heteroatoms. The Kier molecular flexibility index (Phi) is 10.3. The number of halogens is 1. The number of rotatable bonds is 8. The van der Waals surface area contributed by atoms with E-state index < -0.39 is 42.1 Å². The highest BCUT2D eigenvalue weighted by atomic mass is 35.5. The lowest BCUT2D eigenvalue weighted by Crippen LogP contribution is -2.54. The Labute approximate surface area is 229 Å². The number of aryl methyl sites for hydroxylation is 1. The lowest BCUT2D eigenvalue weighted by molar-refractivity contribution is -0.140. The van der Waals surface area contributed by atoms with E-state index in [1.807, 2.05) is 6.07 Å². The average Bonchev–Trinajstić information content (AvgIpc) is 2.83. The Morgan fingerprint density at radius 2 is 1.76 bits per heavy atom. The molecule has 0 heterocycles. The van der Waals surface area contributed by atoms with Gasteiger partial charge in [0.05, 0.1) is 16.8 Å². The van der Waals surface area contributed by atoms with Crippen LogP contribution < -0.4 is 10.6 Å². The summed E-state index contributed by atoms with van der Waals surface area (Å²) in [6, 6.07) is 11.4. The highest BCUT2D eigenvalue weighted by Gasteiger charge is 2.37. The molecule has 0 saturated carbocycles. The van der Waals surface area contributed by atoms with Gasteiger partial charge in [-0.2, -0.15) is 5.26 Å². The van der Waals surface area contributed by atoms with Gasteiger partial charge in [-0.3, -0.25) is 9.59 Å². The van der Waals surface area contributed by atoms with Crippen molar-refractivity contribution < 1.29 is 19.1 Å². The van der Waals surface area contributed by atoms with Crippen LogP contribution in [-0.4, -0.2) is 41.0 Å². The molecular formula is C29H33ClN4O4. The fourth-order valence-corrected chi connectivity index (χ4v) is 3.98. The van der Waals surface area contributed by atoms with Crippen molar-refractivity contribution in [2.45, 2.75) is 59.2 Å². The topological polar surface area (TPSA) is 112 Å². The molecule has 0 fully saturated rings. The Bertz CT molecular complexity index is 1230. The smallest absolute Gasteiger partial charge is 0.408 e. The van der Waals surface area contributed by atoms with Crippen molar-refractivity contribution in [3.8, 4) is 18.4 Å². The number of nitrogens with one attached hydrogen (secondary N) is 2. The number of ether oxygens (including phenoxy) is 1. The Morgan fingerprint density at radius 1 is 1.13 bits per heavy atom. The first-order chi connectivity index (χ1) is 17.8. The van der Waals surface area contributed by atoms with Gasteiger partial charge in [0.25, 0.3) is 5.91 Å². The number of para-hydroxylation sites is 1. The number of carbonyl (C=O) groups excluding carboxylic acids is 3. The second-order valence-electron chi connectivity index (χ2n) is 10.1. The van der Waals surface area contributed by atoms with Crippen molar-refractivity contribution in [2.24, 2.45) is 5.92 Å². The molecule has 0 aliphatic rings. The predicted octanol–water partition coefficient (Wildman–Crippen LogP) is 5.21. The molecule has 0 aliphatic carbocycles. The molecule has 2 atom stereocenters. The molecule has 2 aromatic carbocycles. The van der Waals surface area contributed by atoms with Crippen molar-refractivity contribution in [1.82, 2.24) is 10.2 Å². The van der Waals surface area contributed by atoms with Crippen molar-refractivity contribution in [3.63, 3.8) is 0 Å². The quantitative estimate of drug-likeness (QED) is 0.355. The fourth-order valence-electron chi connectivity index (χ4n) is 3.72. The van der Waals surface area contributed by atoms with Gasteiger partial charge in [0.1, 0.15) is 24.2 Å². The summed E-state index contributed by atoms with van der Waals surface area (Å²) in [4.78, 5) is 41.3. The molecule has 2 N–H and O–H groups in total. The summed E-state index contributed by atoms with van der Waals surface area (Å²) in [6.07, 6.45) is 4.70. The summed E-state index contributed by atoms with van der Waals surface area (Å²) in [6.45, 7) is 9.97. The highest BCUT2D eigenvalue weighted by molar-refractivity contribution is 6.34. The van der Waals surface area contributed by atoms with Gasteiger partial charge in [0.15, 0.2) is 0 Å². The minimum absolute atomic E-state index is 0.324. The first-order valence-electron chi connectivity index (χ1n) is 12.1. The first-order valence-corrected chi connectivity index (χ1v) is 12.5. The Balaban J connectivity index is 2.56. The molecule has 200 valence electrons. The second kappa shape index (κ2) is 13.0. The second-order valence-corrected chi connectivity index (χ2v) is 10.5. The summed E-state index contributed by atoms with van der Waals surface area (Å²) in [5.41, 5.74) is 1.34. The average molecular weight is 537 g/mol. The van der Waals surface area contributed by atoms with E-state index in [0.29, 0.717) is 21.8 Å². The number of hydrogen-bond acceptors (Lipinski definition) is 5. The van der Waals surface area contributed by atoms with Crippen LogP contribution in [0.2, 0.25) is 5.02 Å². The van der Waals surface area contributed by atoms with E-state index in [4.69, 9.17) is 22.8 Å². The van der Waals surface area contributed by atoms with Crippen LogP contribution in [0.4, 0.5) is 10.5 Å². The van der Waals surface area contributed by atoms with E-state index in [0.717, 1.165) is 10.5 Å². The van der Waals surface area contributed by atoms with Gasteiger partial charge in [-0.1, -0.05) is 55.6 Å². The van der Waals surface area contributed by atoms with Gasteiger partial charge in [-0.05, 0) is 62.9 Å². The minimum atomic E-state index is -1.23. The third-order valence-electron chi connectivity index (χ3n) is 5.55. The van der Waals surface area contributed by atoms with Crippen LogP contribution >= 0.6 is 11.6 Å². The number of terminal acetylenes is 1. The number of benzene rings is 2. The molecule has 2 rings (SSSR count). The number of amides is 3. The lowest BCUT2D eigenvalue weighted by Gasteiger charge is -2.34. The van der Waals surface area contributed by atoms with E-state index in [9.17, 15) is 19.6 Å². The number of anilines is 1. The molecule has 0 spiro atoms. The lowest BCUT2D eigenvalue weighted by atomic mass is 9.98. The third kappa shape index (κ3) is 7.99. The Morgan fingerprint density at radius 3 is 2.26 bits per heavy atom. The van der Waals surface area contributed by atoms with Gasteiger partial charge in [-0.25, -0.2) is 4.79 Å². The zero-order valence-corrected chi connectivity index (χ0v) is 23.2. The summed E-state index contributed by atoms with van der Waals surface area (Å²) in [7, 11) is 0. The molecule has 0 saturated heterocycles. The fraction of sp³-hybridized carbons (Fsp3) is 0.379. The molecule has 8 nitrogen and oxygen atoms in total. The molecule has 0 radical (unpaired) electrons. The van der Waals surface area contributed by atoms with Crippen LogP contribution in [0.5, 0.6) is 0 Å². The standard InChI is InChI=1S/C29H33ClN4O4/c1-8-20-12-14-21(15-13-20)25(26(35)32-24-19(4)10-9-11-22(24)30)34(17-16-31)27(36)23(18(2)3)33-28(37)38-29(5,6)7/h1,9-15,18,23,25H,17H2,2-7H3,(H,32,35)(H,33,37). The SMILES string of the molecule is C#Cc1ccc(C(C(=O)Nc2c(C)cccc2Cl)N(CC#N)C(=O)C(NC(=O)OC(C)(C)C)C(C)C)cc1. The van der Waals surface area contributed by atoms with Gasteiger partial charge >= 0.3 is 6.09 Å². The maximum atomic E-state index is 13.9. The van der Waals surface area contributed by atoms with Crippen LogP contribution in [0.1, 0.15) is 57.4 Å². The molecule has 0 bridgehead atoms. The van der Waals surface area contributed by atoms with Crippen LogP contribution in [0.15, 0.2) is 42.5 Å². The summed E-state index contributed by atoms with van der Waals surface area (Å²) in [5.74, 6) is 0.929. The van der Waals surface area contributed by atoms with E-state index in [1.54, 1.807) is 84.0 Å². The van der Waals surface area contributed by atoms with E-state index >= 15 is 0 Å². The number of nitriles is 1. The van der Waals surface area contributed by atoms with E-state index in [2.05, 4.69) is 16.6 Å². The minimum Gasteiger partial charge on any atom is -0.444 e. The van der Waals surface area contributed by atoms with Crippen molar-refractivity contribution in [3.05, 3.63) is 64.2 Å². The van der Waals surface area contributed by atoms with Crippen molar-refractivity contribution in [1.29, 1.82) is 5.26 Å². The van der Waals surface area contributed by atoms with Crippen molar-refractivity contribution >= 4 is 35.2 Å². The maximum Gasteiger partial charge on any atom is 0.408 e. The molecule has 38 heavy (non-hydrogen) atoms. The van der Waals surface area contributed by atoms with Crippen LogP contribution in [0.3, 0.4) is 0 Å². The number of alkyl carbamates (subject to hydrolysis) is 1. The van der Waals surface area contributed by atoms with E-state index in [-0.39, 0.29) is 5.92 Å². The molecule has 0 aliphatic heterocycles. The largest absolute Gasteiger partial charge is 0.444 e. The highest BCUT2D eigenvalue weighted by Crippen LogP contribution is 2.30. The zero-order valence-electron chi connectivity index (χ0n) is 22.5. The van der Waals surface area contributed by atoms with Crippen LogP contribution in [0.25, 0.3) is 0 Å². The number of carbonyl (C=O) groups is 3. The number of hydrogen-bond donors (Lipinski definition) is 2. The zero-order chi connectivity index (χ0) is 28.6. The monoisotopic (exact) mass is 536 g/mol. The maximum absolute atomic E-state index is 13.9. The third-order valence-corrected chi connectivity index (χ3v) is 5.87. The number of nitrogens with zero attached hydrogens (tertiary/aromatic N) is 2. The van der Waals surface area contributed by atoms with Crippen LogP contribution in [0, 0.1) is 36.5 Å². The van der Waals surface area contributed by atoms with Gasteiger partial charge < -0.3 is 20.3 Å². The molecule has 0 aromatic heterocycles. The predicted molar refractivity (Wildman–Crippen MR) is 147 cm³/mol. The van der Waals surface area contributed by atoms with Gasteiger partial charge in [-0.15, -0.1) is 6.42 Å². The summed E-state index contributed by atoms with van der Waals surface area (Å²) >= 11 is 6.34. The first kappa shape index (κ1) is 30.2.